The van der Waals surface area contributed by atoms with Crippen molar-refractivity contribution in [2.24, 2.45) is 0 Å². The van der Waals surface area contributed by atoms with Gasteiger partial charge in [0.15, 0.2) is 5.82 Å². The third kappa shape index (κ3) is 5.08. The maximum absolute atomic E-state index is 15.2. The number of hydrogen-bond donors (Lipinski definition) is 2. The number of halogens is 1. The van der Waals surface area contributed by atoms with Gasteiger partial charge in [0.05, 0.1) is 33.5 Å². The van der Waals surface area contributed by atoms with Gasteiger partial charge in [-0.3, -0.25) is 0 Å². The summed E-state index contributed by atoms with van der Waals surface area (Å²) in [5.74, 6) is -1.53. The zero-order chi connectivity index (χ0) is 24.1. The molecule has 2 aliphatic heterocycles. The standard InChI is InChI=1S/C24H29FN2O7/c1-30-20-12-19(21(25)22(26-20)31-2)18-4-3-16(11-15(18)13-34-17-5-8-33-14-17)27-24(23(28)29)6-9-32-10-7-24/h3-4,11-12,17,27H,5-10,13-14H2,1-2H3,(H,28,29). The lowest BCUT2D eigenvalue weighted by Crippen LogP contribution is -2.50. The van der Waals surface area contributed by atoms with Crippen LogP contribution < -0.4 is 14.8 Å². The van der Waals surface area contributed by atoms with Crippen molar-refractivity contribution in [3.05, 3.63) is 35.6 Å². The van der Waals surface area contributed by atoms with Crippen LogP contribution in [-0.2, 0) is 25.6 Å². The Hall–Kier alpha value is -2.95. The maximum atomic E-state index is 15.2. The molecule has 9 nitrogen and oxygen atoms in total. The van der Waals surface area contributed by atoms with Gasteiger partial charge in [-0.05, 0) is 29.7 Å². The van der Waals surface area contributed by atoms with E-state index in [1.165, 1.54) is 20.3 Å². The molecule has 184 valence electrons. The fourth-order valence-corrected chi connectivity index (χ4v) is 4.21. The first kappa shape index (κ1) is 24.2. The van der Waals surface area contributed by atoms with Crippen molar-refractivity contribution in [2.75, 3.05) is 46.0 Å². The van der Waals surface area contributed by atoms with Crippen LogP contribution in [0.2, 0.25) is 0 Å². The summed E-state index contributed by atoms with van der Waals surface area (Å²) < 4.78 is 42.3. The van der Waals surface area contributed by atoms with Gasteiger partial charge in [-0.1, -0.05) is 6.07 Å². The Bertz CT molecular complexity index is 1020. The van der Waals surface area contributed by atoms with E-state index in [-0.39, 0.29) is 30.0 Å². The molecule has 2 aromatic rings. The molecule has 0 saturated carbocycles. The number of hydrogen-bond acceptors (Lipinski definition) is 8. The topological polar surface area (TPSA) is 108 Å². The fourth-order valence-electron chi connectivity index (χ4n) is 4.21. The van der Waals surface area contributed by atoms with E-state index in [0.717, 1.165) is 6.42 Å². The van der Waals surface area contributed by atoms with Crippen molar-refractivity contribution < 1.29 is 38.0 Å². The summed E-state index contributed by atoms with van der Waals surface area (Å²) in [4.78, 5) is 16.1. The first-order valence-electron chi connectivity index (χ1n) is 11.2. The molecule has 34 heavy (non-hydrogen) atoms. The number of carbonyl (C=O) groups is 1. The molecule has 2 aliphatic rings. The average molecular weight is 477 g/mol. The third-order valence-electron chi connectivity index (χ3n) is 6.20. The first-order valence-corrected chi connectivity index (χ1v) is 11.2. The van der Waals surface area contributed by atoms with Gasteiger partial charge in [0.1, 0.15) is 5.54 Å². The second-order valence-corrected chi connectivity index (χ2v) is 8.33. The van der Waals surface area contributed by atoms with Crippen molar-refractivity contribution in [1.82, 2.24) is 4.98 Å². The molecule has 3 heterocycles. The number of carboxylic acids is 1. The summed E-state index contributed by atoms with van der Waals surface area (Å²) in [6, 6.07) is 6.76. The number of carboxylic acid groups (broad SMARTS) is 1. The normalized spacial score (nSPS) is 19.6. The minimum absolute atomic E-state index is 0.0586. The van der Waals surface area contributed by atoms with Crippen LogP contribution in [0.15, 0.2) is 24.3 Å². The van der Waals surface area contributed by atoms with Crippen molar-refractivity contribution in [1.29, 1.82) is 0 Å². The number of methoxy groups -OCH3 is 2. The van der Waals surface area contributed by atoms with Crippen LogP contribution in [0, 0.1) is 5.82 Å². The Morgan fingerprint density at radius 2 is 1.97 bits per heavy atom. The summed E-state index contributed by atoms with van der Waals surface area (Å²) in [5.41, 5.74) is 0.959. The van der Waals surface area contributed by atoms with Gasteiger partial charge in [0.25, 0.3) is 5.88 Å². The van der Waals surface area contributed by atoms with E-state index in [1.54, 1.807) is 18.2 Å². The van der Waals surface area contributed by atoms with Gasteiger partial charge in [0.2, 0.25) is 5.88 Å². The van der Waals surface area contributed by atoms with E-state index in [4.69, 9.17) is 23.7 Å². The molecular weight excluding hydrogens is 447 g/mol. The molecule has 2 N–H and O–H groups in total. The number of rotatable bonds is 9. The number of benzene rings is 1. The minimum Gasteiger partial charge on any atom is -0.481 e. The molecule has 0 spiro atoms. The molecule has 0 bridgehead atoms. The molecule has 1 aromatic heterocycles. The number of aromatic nitrogens is 1. The Kier molecular flexibility index (Phi) is 7.50. The molecule has 2 fully saturated rings. The van der Waals surface area contributed by atoms with Gasteiger partial charge in [-0.15, -0.1) is 0 Å². The number of pyridine rings is 1. The highest BCUT2D eigenvalue weighted by molar-refractivity contribution is 5.83. The van der Waals surface area contributed by atoms with Crippen molar-refractivity contribution in [3.63, 3.8) is 0 Å². The van der Waals surface area contributed by atoms with Crippen LogP contribution in [0.25, 0.3) is 11.1 Å². The van der Waals surface area contributed by atoms with Gasteiger partial charge in [0, 0.05) is 50.0 Å². The lowest BCUT2D eigenvalue weighted by atomic mass is 9.89. The Labute approximate surface area is 197 Å². The predicted molar refractivity (Wildman–Crippen MR) is 121 cm³/mol. The highest BCUT2D eigenvalue weighted by Gasteiger charge is 2.40. The number of ether oxygens (including phenoxy) is 5. The number of nitrogens with zero attached hydrogens (tertiary/aromatic N) is 1. The van der Waals surface area contributed by atoms with Crippen LogP contribution >= 0.6 is 0 Å². The Balaban J connectivity index is 1.72. The third-order valence-corrected chi connectivity index (χ3v) is 6.20. The van der Waals surface area contributed by atoms with Crippen LogP contribution in [0.3, 0.4) is 0 Å². The molecule has 0 amide bonds. The molecule has 2 saturated heterocycles. The zero-order valence-corrected chi connectivity index (χ0v) is 19.3. The van der Waals surface area contributed by atoms with Crippen molar-refractivity contribution in [2.45, 2.75) is 37.5 Å². The minimum atomic E-state index is -1.13. The van der Waals surface area contributed by atoms with E-state index >= 15 is 4.39 Å². The summed E-state index contributed by atoms with van der Waals surface area (Å²) >= 11 is 0. The number of aliphatic carboxylic acids is 1. The second kappa shape index (κ2) is 10.5. The summed E-state index contributed by atoms with van der Waals surface area (Å²) in [7, 11) is 2.78. The molecule has 0 aliphatic carbocycles. The SMILES string of the molecule is COc1cc(-c2ccc(NC3(C(=O)O)CCOCC3)cc2COC2CCOC2)c(F)c(OC)n1. The molecule has 1 aromatic carbocycles. The van der Waals surface area contributed by atoms with Crippen LogP contribution in [-0.4, -0.2) is 68.3 Å². The monoisotopic (exact) mass is 476 g/mol. The predicted octanol–water partition coefficient (Wildman–Crippen LogP) is 3.26. The van der Waals surface area contributed by atoms with Crippen molar-refractivity contribution in [3.8, 4) is 22.9 Å². The molecule has 4 rings (SSSR count). The van der Waals surface area contributed by atoms with Gasteiger partial charge in [-0.25, -0.2) is 9.18 Å². The number of nitrogens with one attached hydrogen (secondary N) is 1. The van der Waals surface area contributed by atoms with E-state index in [2.05, 4.69) is 10.3 Å². The van der Waals surface area contributed by atoms with Crippen molar-refractivity contribution >= 4 is 11.7 Å². The van der Waals surface area contributed by atoms with E-state index < -0.39 is 17.3 Å². The van der Waals surface area contributed by atoms with Gasteiger partial charge < -0.3 is 34.1 Å². The van der Waals surface area contributed by atoms with E-state index in [9.17, 15) is 9.90 Å². The quantitative estimate of drug-likeness (QED) is 0.564. The Morgan fingerprint density at radius 3 is 2.62 bits per heavy atom. The zero-order valence-electron chi connectivity index (χ0n) is 19.3. The van der Waals surface area contributed by atoms with Crippen LogP contribution in [0.1, 0.15) is 24.8 Å². The molecule has 1 atom stereocenters. The van der Waals surface area contributed by atoms with E-state index in [0.29, 0.717) is 56.1 Å². The average Bonchev–Trinajstić information content (AvgIpc) is 3.37. The summed E-state index contributed by atoms with van der Waals surface area (Å²) in [6.07, 6.45) is 1.39. The lowest BCUT2D eigenvalue weighted by Gasteiger charge is -2.35. The Morgan fingerprint density at radius 1 is 1.18 bits per heavy atom. The highest BCUT2D eigenvalue weighted by atomic mass is 19.1. The summed E-state index contributed by atoms with van der Waals surface area (Å²) in [6.45, 7) is 2.04. The largest absolute Gasteiger partial charge is 0.481 e. The van der Waals surface area contributed by atoms with Gasteiger partial charge >= 0.3 is 5.97 Å². The highest BCUT2D eigenvalue weighted by Crippen LogP contribution is 2.36. The molecule has 1 unspecified atom stereocenters. The van der Waals surface area contributed by atoms with Gasteiger partial charge in [-0.2, -0.15) is 4.98 Å². The smallest absolute Gasteiger partial charge is 0.329 e. The molecule has 10 heteroatoms. The molecular formula is C24H29FN2O7. The summed E-state index contributed by atoms with van der Waals surface area (Å²) in [5, 5.41) is 13.1. The van der Waals surface area contributed by atoms with Crippen LogP contribution in [0.5, 0.6) is 11.8 Å². The second-order valence-electron chi connectivity index (χ2n) is 8.33. The number of anilines is 1. The molecule has 0 radical (unpaired) electrons. The van der Waals surface area contributed by atoms with Crippen LogP contribution in [0.4, 0.5) is 10.1 Å². The lowest BCUT2D eigenvalue weighted by molar-refractivity contribution is -0.145. The maximum Gasteiger partial charge on any atom is 0.329 e. The fraction of sp³-hybridized carbons (Fsp3) is 0.500. The van der Waals surface area contributed by atoms with E-state index in [1.807, 2.05) is 0 Å². The first-order chi connectivity index (χ1) is 16.5.